The van der Waals surface area contributed by atoms with Crippen molar-refractivity contribution in [2.45, 2.75) is 61.5 Å². The molecule has 3 unspecified atom stereocenters. The van der Waals surface area contributed by atoms with Crippen LogP contribution in [0.4, 0.5) is 5.13 Å². The third kappa shape index (κ3) is 9.58. The lowest BCUT2D eigenvalue weighted by Crippen LogP contribution is -2.74. The number of quaternary nitrogens is 1. The van der Waals surface area contributed by atoms with Gasteiger partial charge in [0, 0.05) is 30.2 Å². The number of thiazole rings is 1. The molecule has 5 aromatic carbocycles. The lowest BCUT2D eigenvalue weighted by molar-refractivity contribution is -0.893. The number of fused-ring (bicyclic) bond motifs is 1. The molecule has 1 aromatic heterocycles. The molecule has 358 valence electrons. The zero-order valence-electron chi connectivity index (χ0n) is 38.9. The van der Waals surface area contributed by atoms with Crippen molar-refractivity contribution in [3.63, 3.8) is 0 Å². The molecule has 4 aliphatic heterocycles. The van der Waals surface area contributed by atoms with Gasteiger partial charge in [-0.05, 0) is 40.7 Å². The highest BCUT2D eigenvalue weighted by Crippen LogP contribution is 2.42. The molecule has 2 N–H and O–H groups in total. The number of rotatable bonds is 16. The monoisotopic (exact) mass is 975 g/mol. The Hall–Kier alpha value is -6.78. The van der Waals surface area contributed by atoms with Gasteiger partial charge in [0.05, 0.1) is 43.3 Å². The molecule has 6 aromatic rings. The fourth-order valence-corrected chi connectivity index (χ4v) is 12.6. The molecule has 0 spiro atoms. The van der Waals surface area contributed by atoms with E-state index in [9.17, 15) is 18.6 Å². The zero-order chi connectivity index (χ0) is 48.1. The Bertz CT molecular complexity index is 2750. The van der Waals surface area contributed by atoms with Crippen LogP contribution in [0.2, 0.25) is 0 Å². The van der Waals surface area contributed by atoms with Gasteiger partial charge in [-0.3, -0.25) is 18.7 Å². The maximum Gasteiger partial charge on any atom is 0.356 e. The van der Waals surface area contributed by atoms with Crippen LogP contribution in [-0.4, -0.2) is 98.8 Å². The molecule has 5 heterocycles. The molecule has 4 atom stereocenters. The highest BCUT2D eigenvalue weighted by molar-refractivity contribution is 7.86. The van der Waals surface area contributed by atoms with Crippen molar-refractivity contribution in [1.82, 2.24) is 15.2 Å². The molecular weight excluding hydrogens is 921 g/mol. The molecule has 4 aliphatic rings. The first-order valence-electron chi connectivity index (χ1n) is 23.8. The van der Waals surface area contributed by atoms with Gasteiger partial charge in [-0.25, -0.2) is 9.78 Å². The number of carbonyl (C=O) groups is 3. The van der Waals surface area contributed by atoms with Crippen LogP contribution >= 0.6 is 11.3 Å². The van der Waals surface area contributed by atoms with Gasteiger partial charge >= 0.3 is 5.97 Å². The third-order valence-electron chi connectivity index (χ3n) is 13.6. The minimum Gasteiger partial charge on any atom is -0.448 e. The van der Waals surface area contributed by atoms with Gasteiger partial charge in [-0.15, -0.1) is 11.3 Å². The molecule has 0 bridgehead atoms. The quantitative estimate of drug-likeness (QED) is 0.0246. The maximum absolute atomic E-state index is 14.8. The van der Waals surface area contributed by atoms with Crippen molar-refractivity contribution in [2.24, 2.45) is 5.16 Å². The van der Waals surface area contributed by atoms with E-state index in [2.05, 4.69) is 59.2 Å². The van der Waals surface area contributed by atoms with Crippen molar-refractivity contribution in [3.05, 3.63) is 202 Å². The summed E-state index contributed by atoms with van der Waals surface area (Å²) in [5, 5.41) is 12.2. The highest BCUT2D eigenvalue weighted by atomic mass is 32.2. The van der Waals surface area contributed by atoms with E-state index in [4.69, 9.17) is 19.3 Å². The van der Waals surface area contributed by atoms with Crippen LogP contribution in [0.25, 0.3) is 0 Å². The van der Waals surface area contributed by atoms with E-state index in [1.54, 1.807) is 5.38 Å². The number of ether oxygens (including phenoxy) is 2. The number of β-lactam (4-membered cyclic amide) rings is 1. The number of hydrogen-bond acceptors (Lipinski definition) is 11. The minimum absolute atomic E-state index is 0.0383. The number of anilines is 1. The Balaban J connectivity index is 0.966. The Morgan fingerprint density at radius 3 is 1.93 bits per heavy atom. The van der Waals surface area contributed by atoms with E-state index in [0.29, 0.717) is 34.8 Å². The van der Waals surface area contributed by atoms with Crippen LogP contribution in [0.5, 0.6) is 0 Å². The number of amides is 2. The molecule has 15 heteroatoms. The fourth-order valence-electron chi connectivity index (χ4n) is 10.1. The average Bonchev–Trinajstić information content (AvgIpc) is 4.06. The average molecular weight is 976 g/mol. The van der Waals surface area contributed by atoms with E-state index >= 15 is 0 Å². The number of likely N-dealkylation sites (tertiary alicyclic amines) is 1. The number of esters is 1. The number of hydrogen-bond donors (Lipinski definition) is 2. The summed E-state index contributed by atoms with van der Waals surface area (Å²) in [5.41, 5.74) is 4.22. The molecular formula is C55H55N6O7S2+. The normalized spacial score (nSPS) is 21.1. The van der Waals surface area contributed by atoms with Crippen LogP contribution < -0.4 is 10.6 Å². The maximum atomic E-state index is 14.8. The van der Waals surface area contributed by atoms with E-state index in [1.165, 1.54) is 16.2 Å². The van der Waals surface area contributed by atoms with Crippen molar-refractivity contribution in [3.8, 4) is 0 Å². The number of carbonyl (C=O) groups excluding carboxylic acids is 3. The van der Waals surface area contributed by atoms with Gasteiger partial charge in [0.2, 0.25) is 6.29 Å². The topological polar surface area (TPSA) is 149 Å². The molecule has 0 radical (unpaired) electrons. The van der Waals surface area contributed by atoms with Gasteiger partial charge in [-0.1, -0.05) is 157 Å². The molecule has 3 saturated heterocycles. The van der Waals surface area contributed by atoms with Crippen LogP contribution in [0.15, 0.2) is 173 Å². The predicted octanol–water partition coefficient (Wildman–Crippen LogP) is 8.04. The van der Waals surface area contributed by atoms with Crippen LogP contribution in [-0.2, 0) is 45.0 Å². The van der Waals surface area contributed by atoms with Crippen LogP contribution in [0.1, 0.15) is 71.7 Å². The Kier molecular flexibility index (Phi) is 13.9. The minimum atomic E-state index is -1.69. The van der Waals surface area contributed by atoms with Crippen molar-refractivity contribution >= 4 is 50.8 Å². The Labute approximate surface area is 414 Å². The summed E-state index contributed by atoms with van der Waals surface area (Å²) in [7, 11) is 0.433. The molecule has 70 heavy (non-hydrogen) atoms. The van der Waals surface area contributed by atoms with E-state index in [1.807, 2.05) is 115 Å². The first-order valence-corrected chi connectivity index (χ1v) is 26.1. The summed E-state index contributed by atoms with van der Waals surface area (Å²) in [4.78, 5) is 56.3. The molecule has 3 fully saturated rings. The third-order valence-corrected chi connectivity index (χ3v) is 16.0. The summed E-state index contributed by atoms with van der Waals surface area (Å²) in [6, 6.07) is 48.0. The Morgan fingerprint density at radius 1 is 0.829 bits per heavy atom. The summed E-state index contributed by atoms with van der Waals surface area (Å²) in [6.45, 7) is 2.70. The molecule has 10 rings (SSSR count). The van der Waals surface area contributed by atoms with Crippen LogP contribution in [0, 0.1) is 0 Å². The standard InChI is InChI=1S/C55H54N6O7S2/c1-61(32-18-19-33-61)35-40-37-70(65)52-47(51(63)60(52)48(40)53(64)67-49(38-21-7-2-8-22-38)39-23-9-3-10-24-39)57-50(62)46(59-68-45-31-17-20-34-66-45)44-36-69-54(56-44)58-55(41-25-11-4-12-26-41,42-27-13-5-14-28-42)43-29-15-6-16-30-43/h2-16,21-30,36,45,47,49,52H,17-20,31-35,37H2,1H3,(H-,56,57,58,62)/p+1/t45?,47?,52-,70?/m1/s1. The van der Waals surface area contributed by atoms with E-state index in [0.717, 1.165) is 66.6 Å². The van der Waals surface area contributed by atoms with Gasteiger partial charge in [0.15, 0.2) is 16.9 Å². The first kappa shape index (κ1) is 46.9. The van der Waals surface area contributed by atoms with Gasteiger partial charge in [-0.2, -0.15) is 0 Å². The fraction of sp³-hybridized carbons (Fsp3) is 0.291. The number of likely N-dealkylation sites (N-methyl/N-ethyl adjacent to an activating group) is 1. The highest BCUT2D eigenvalue weighted by Gasteiger charge is 2.58. The SMILES string of the molecule is C[N+]1(CC2=C(C(=O)OC(c3ccccc3)c3ccccc3)N3C(=O)C(NC(=O)C(=NOC4CCCCO4)c4csc(NC(c5ccccc5)(c5ccccc5)c5ccccc5)n4)[C@H]3S(=O)C2)CCCC1. The summed E-state index contributed by atoms with van der Waals surface area (Å²) >= 11 is 1.29. The van der Waals surface area contributed by atoms with E-state index in [-0.39, 0.29) is 22.9 Å². The van der Waals surface area contributed by atoms with E-state index < -0.39 is 57.9 Å². The number of nitrogens with one attached hydrogen (secondary N) is 2. The first-order chi connectivity index (χ1) is 34.2. The molecule has 2 amide bonds. The summed E-state index contributed by atoms with van der Waals surface area (Å²) < 4.78 is 27.3. The van der Waals surface area contributed by atoms with Gasteiger partial charge < -0.3 is 29.4 Å². The van der Waals surface area contributed by atoms with Crippen molar-refractivity contribution < 1.29 is 37.4 Å². The molecule has 0 aliphatic carbocycles. The lowest BCUT2D eigenvalue weighted by atomic mass is 9.77. The predicted molar refractivity (Wildman–Crippen MR) is 270 cm³/mol. The van der Waals surface area contributed by atoms with Crippen LogP contribution in [0.3, 0.4) is 0 Å². The number of oxime groups is 1. The van der Waals surface area contributed by atoms with Crippen molar-refractivity contribution in [1.29, 1.82) is 0 Å². The smallest absolute Gasteiger partial charge is 0.356 e. The largest absolute Gasteiger partial charge is 0.448 e. The van der Waals surface area contributed by atoms with Gasteiger partial charge in [0.25, 0.3) is 11.8 Å². The lowest BCUT2D eigenvalue weighted by Gasteiger charge is -2.49. The summed E-state index contributed by atoms with van der Waals surface area (Å²) in [6.07, 6.45) is 2.92. The molecule has 0 saturated carbocycles. The molecule has 13 nitrogen and oxygen atoms in total. The summed E-state index contributed by atoms with van der Waals surface area (Å²) in [5.74, 6) is -1.99. The second-order valence-electron chi connectivity index (χ2n) is 18.4. The van der Waals surface area contributed by atoms with Gasteiger partial charge in [0.1, 0.15) is 34.9 Å². The number of benzene rings is 5. The second-order valence-corrected chi connectivity index (χ2v) is 20.8. The number of nitrogens with zero attached hydrogens (tertiary/aromatic N) is 4. The second kappa shape index (κ2) is 20.7. The Morgan fingerprint density at radius 2 is 1.39 bits per heavy atom. The van der Waals surface area contributed by atoms with Crippen molar-refractivity contribution in [2.75, 3.05) is 44.4 Å². The zero-order valence-corrected chi connectivity index (χ0v) is 40.5. The number of aromatic nitrogens is 1.